The normalized spacial score (nSPS) is 13.9. The summed E-state index contributed by atoms with van der Waals surface area (Å²) in [6.07, 6.45) is -0.512. The number of carbonyl (C=O) groups is 4. The highest BCUT2D eigenvalue weighted by molar-refractivity contribution is 6.21. The van der Waals surface area contributed by atoms with Crippen LogP contribution in [0.5, 0.6) is 0 Å². The molecule has 1 heterocycles. The summed E-state index contributed by atoms with van der Waals surface area (Å²) in [5.41, 5.74) is -0.449. The molecule has 0 aromatic heterocycles. The molecular weight excluding hydrogens is 288 g/mol. The molecule has 0 radical (unpaired) electrons. The van der Waals surface area contributed by atoms with Gasteiger partial charge in [-0.05, 0) is 32.9 Å². The number of aldehydes is 1. The maximum absolute atomic E-state index is 12.3. The van der Waals surface area contributed by atoms with Crippen LogP contribution in [0.15, 0.2) is 24.3 Å². The van der Waals surface area contributed by atoms with Gasteiger partial charge < -0.3 is 9.53 Å². The molecule has 3 amide bonds. The molecule has 0 bridgehead atoms. The summed E-state index contributed by atoms with van der Waals surface area (Å²) in [6.45, 7) is 4.48. The molecule has 0 atom stereocenters. The molecular formula is C15H16N2O5. The number of hydrazine groups is 1. The van der Waals surface area contributed by atoms with Gasteiger partial charge >= 0.3 is 6.09 Å². The first-order valence-corrected chi connectivity index (χ1v) is 6.68. The van der Waals surface area contributed by atoms with Crippen molar-refractivity contribution in [2.45, 2.75) is 26.4 Å². The highest BCUT2D eigenvalue weighted by atomic mass is 16.6. The number of imide groups is 1. The minimum Gasteiger partial charge on any atom is -0.442 e. The van der Waals surface area contributed by atoms with E-state index in [0.29, 0.717) is 16.3 Å². The van der Waals surface area contributed by atoms with Crippen molar-refractivity contribution in [1.29, 1.82) is 0 Å². The topological polar surface area (TPSA) is 84.0 Å². The third-order valence-electron chi connectivity index (χ3n) is 2.87. The largest absolute Gasteiger partial charge is 0.442 e. The SMILES string of the molecule is CC(C)(C)OC(=O)N(CC=O)N1C(=O)c2ccccc2C1=O. The Morgan fingerprint density at radius 1 is 1.18 bits per heavy atom. The van der Waals surface area contributed by atoms with Crippen molar-refractivity contribution in [3.63, 3.8) is 0 Å². The van der Waals surface area contributed by atoms with E-state index in [0.717, 1.165) is 0 Å². The van der Waals surface area contributed by atoms with Crippen LogP contribution in [0.1, 0.15) is 41.5 Å². The highest BCUT2D eigenvalue weighted by Crippen LogP contribution is 2.25. The predicted molar refractivity (Wildman–Crippen MR) is 75.9 cm³/mol. The van der Waals surface area contributed by atoms with E-state index >= 15 is 0 Å². The fraction of sp³-hybridized carbons (Fsp3) is 0.333. The van der Waals surface area contributed by atoms with Crippen LogP contribution in [0.2, 0.25) is 0 Å². The second-order valence-electron chi connectivity index (χ2n) is 5.70. The van der Waals surface area contributed by atoms with E-state index in [1.54, 1.807) is 32.9 Å². The summed E-state index contributed by atoms with van der Waals surface area (Å²) in [6, 6.07) is 6.21. The first kappa shape index (κ1) is 15.7. The van der Waals surface area contributed by atoms with Crippen LogP contribution in [0.4, 0.5) is 4.79 Å². The number of hydrogen-bond donors (Lipinski definition) is 0. The molecule has 0 aliphatic carbocycles. The molecule has 1 aliphatic heterocycles. The van der Waals surface area contributed by atoms with Crippen molar-refractivity contribution in [3.05, 3.63) is 35.4 Å². The van der Waals surface area contributed by atoms with Crippen LogP contribution in [0, 0.1) is 0 Å². The average Bonchev–Trinajstić information content (AvgIpc) is 2.67. The van der Waals surface area contributed by atoms with Gasteiger partial charge in [-0.3, -0.25) is 9.59 Å². The smallest absolute Gasteiger partial charge is 0.430 e. The predicted octanol–water partition coefficient (Wildman–Crippen LogP) is 1.63. The van der Waals surface area contributed by atoms with E-state index < -0.39 is 30.1 Å². The summed E-state index contributed by atoms with van der Waals surface area (Å²) in [7, 11) is 0. The van der Waals surface area contributed by atoms with Crippen LogP contribution >= 0.6 is 0 Å². The van der Waals surface area contributed by atoms with E-state index in [1.807, 2.05) is 0 Å². The Bertz CT molecular complexity index is 613. The fourth-order valence-corrected chi connectivity index (χ4v) is 2.02. The quantitative estimate of drug-likeness (QED) is 0.626. The van der Waals surface area contributed by atoms with Crippen LogP contribution < -0.4 is 0 Å². The number of nitrogens with zero attached hydrogens (tertiary/aromatic N) is 2. The molecule has 0 N–H and O–H groups in total. The zero-order chi connectivity index (χ0) is 16.5. The van der Waals surface area contributed by atoms with Gasteiger partial charge in [0.25, 0.3) is 11.8 Å². The molecule has 7 nitrogen and oxygen atoms in total. The van der Waals surface area contributed by atoms with Crippen LogP contribution in [-0.4, -0.2) is 46.4 Å². The van der Waals surface area contributed by atoms with E-state index in [1.165, 1.54) is 12.1 Å². The first-order valence-electron chi connectivity index (χ1n) is 6.68. The number of hydrogen-bond acceptors (Lipinski definition) is 5. The van der Waals surface area contributed by atoms with Gasteiger partial charge in [-0.15, -0.1) is 0 Å². The van der Waals surface area contributed by atoms with Gasteiger partial charge in [-0.25, -0.2) is 9.80 Å². The van der Waals surface area contributed by atoms with E-state index in [4.69, 9.17) is 4.74 Å². The Kier molecular flexibility index (Phi) is 3.99. The van der Waals surface area contributed by atoms with Gasteiger partial charge in [0.2, 0.25) is 0 Å². The Morgan fingerprint density at radius 2 is 1.68 bits per heavy atom. The molecule has 22 heavy (non-hydrogen) atoms. The van der Waals surface area contributed by atoms with Crippen LogP contribution in [-0.2, 0) is 9.53 Å². The molecule has 1 aromatic carbocycles. The maximum Gasteiger partial charge on any atom is 0.430 e. The zero-order valence-electron chi connectivity index (χ0n) is 12.5. The summed E-state index contributed by atoms with van der Waals surface area (Å²) in [5, 5.41) is 1.36. The Labute approximate surface area is 127 Å². The summed E-state index contributed by atoms with van der Waals surface area (Å²) >= 11 is 0. The number of benzene rings is 1. The lowest BCUT2D eigenvalue weighted by Crippen LogP contribution is -2.51. The number of rotatable bonds is 3. The van der Waals surface area contributed by atoms with E-state index in [2.05, 4.69) is 0 Å². The third kappa shape index (κ3) is 2.83. The number of ether oxygens (including phenoxy) is 1. The third-order valence-corrected chi connectivity index (χ3v) is 2.87. The second-order valence-corrected chi connectivity index (χ2v) is 5.70. The Hall–Kier alpha value is -2.70. The number of carbonyl (C=O) groups excluding carboxylic acids is 4. The summed E-state index contributed by atoms with van der Waals surface area (Å²) in [5.74, 6) is -1.32. The van der Waals surface area contributed by atoms with Crippen molar-refractivity contribution in [1.82, 2.24) is 10.0 Å². The number of amides is 3. The zero-order valence-corrected chi connectivity index (χ0v) is 12.5. The maximum atomic E-state index is 12.3. The van der Waals surface area contributed by atoms with E-state index in [-0.39, 0.29) is 11.1 Å². The standard InChI is InChI=1S/C15H16N2O5/c1-15(2,3)22-14(21)16(8-9-18)17-12(19)10-6-4-5-7-11(10)13(17)20/h4-7,9H,8H2,1-3H3. The van der Waals surface area contributed by atoms with E-state index in [9.17, 15) is 19.2 Å². The summed E-state index contributed by atoms with van der Waals surface area (Å²) < 4.78 is 5.14. The monoisotopic (exact) mass is 304 g/mol. The Morgan fingerprint density at radius 3 is 2.09 bits per heavy atom. The Balaban J connectivity index is 2.35. The van der Waals surface area contributed by atoms with Gasteiger partial charge in [0, 0.05) is 0 Å². The van der Waals surface area contributed by atoms with Crippen molar-refractivity contribution in [3.8, 4) is 0 Å². The second kappa shape index (κ2) is 5.59. The van der Waals surface area contributed by atoms with Gasteiger partial charge in [0.15, 0.2) is 0 Å². The number of fused-ring (bicyclic) bond motifs is 1. The molecule has 116 valence electrons. The van der Waals surface area contributed by atoms with Gasteiger partial charge in [0.1, 0.15) is 18.4 Å². The lowest BCUT2D eigenvalue weighted by molar-refractivity contribution is -0.111. The molecule has 1 aliphatic rings. The molecule has 0 unspecified atom stereocenters. The van der Waals surface area contributed by atoms with Crippen LogP contribution in [0.25, 0.3) is 0 Å². The van der Waals surface area contributed by atoms with Crippen molar-refractivity contribution >= 4 is 24.2 Å². The van der Waals surface area contributed by atoms with Gasteiger partial charge in [-0.1, -0.05) is 12.1 Å². The molecule has 7 heteroatoms. The first-order chi connectivity index (χ1) is 10.3. The fourth-order valence-electron chi connectivity index (χ4n) is 2.02. The molecule has 0 fully saturated rings. The average molecular weight is 304 g/mol. The molecule has 0 saturated carbocycles. The van der Waals surface area contributed by atoms with Gasteiger partial charge in [0.05, 0.1) is 11.1 Å². The minimum atomic E-state index is -0.936. The highest BCUT2D eigenvalue weighted by Gasteiger charge is 2.42. The van der Waals surface area contributed by atoms with Crippen molar-refractivity contribution < 1.29 is 23.9 Å². The lowest BCUT2D eigenvalue weighted by Gasteiger charge is -2.30. The molecule has 0 spiro atoms. The lowest BCUT2D eigenvalue weighted by atomic mass is 10.1. The molecule has 0 saturated heterocycles. The van der Waals surface area contributed by atoms with Gasteiger partial charge in [-0.2, -0.15) is 5.01 Å². The molecule has 2 rings (SSSR count). The minimum absolute atomic E-state index is 0.187. The molecule has 1 aromatic rings. The summed E-state index contributed by atoms with van der Waals surface area (Å²) in [4.78, 5) is 47.7. The van der Waals surface area contributed by atoms with Crippen molar-refractivity contribution in [2.75, 3.05) is 6.54 Å². The van der Waals surface area contributed by atoms with Crippen LogP contribution in [0.3, 0.4) is 0 Å². The van der Waals surface area contributed by atoms with Crippen molar-refractivity contribution in [2.24, 2.45) is 0 Å².